The van der Waals surface area contributed by atoms with Crippen molar-refractivity contribution in [3.63, 3.8) is 0 Å². The largest absolute Gasteiger partial charge is 0.304 e. The van der Waals surface area contributed by atoms with Gasteiger partial charge in [0.05, 0.1) is 5.69 Å². The van der Waals surface area contributed by atoms with E-state index in [9.17, 15) is 0 Å². The Kier molecular flexibility index (Phi) is 5.13. The van der Waals surface area contributed by atoms with Gasteiger partial charge in [-0.1, -0.05) is 17.7 Å². The molecule has 0 radical (unpaired) electrons. The number of hydrogen-bond donors (Lipinski definition) is 0. The Balaban J connectivity index is 1.67. The molecule has 1 aromatic heterocycles. The van der Waals surface area contributed by atoms with Crippen molar-refractivity contribution in [3.8, 4) is 5.69 Å². The zero-order valence-corrected chi connectivity index (χ0v) is 14.6. The first-order valence-electron chi connectivity index (χ1n) is 8.64. The van der Waals surface area contributed by atoms with E-state index in [-0.39, 0.29) is 0 Å². The maximum Gasteiger partial charge on any atom is 0.0706 e. The van der Waals surface area contributed by atoms with Crippen molar-refractivity contribution >= 4 is 0 Å². The molecule has 0 spiro atoms. The summed E-state index contributed by atoms with van der Waals surface area (Å²) in [5, 5.41) is 4.44. The van der Waals surface area contributed by atoms with E-state index in [0.29, 0.717) is 0 Å². The van der Waals surface area contributed by atoms with Crippen LogP contribution >= 0.6 is 0 Å². The van der Waals surface area contributed by atoms with E-state index < -0.39 is 0 Å². The lowest BCUT2D eigenvalue weighted by molar-refractivity contribution is 0.153. The summed E-state index contributed by atoms with van der Waals surface area (Å²) in [6.07, 6.45) is 6.22. The lowest BCUT2D eigenvalue weighted by atomic mass is 10.00. The Bertz CT molecular complexity index is 625. The number of rotatable bonds is 5. The maximum atomic E-state index is 4.44. The first-order chi connectivity index (χ1) is 11.1. The molecule has 0 unspecified atom stereocenters. The Morgan fingerprint density at radius 2 is 1.87 bits per heavy atom. The van der Waals surface area contributed by atoms with Crippen LogP contribution in [-0.2, 0) is 6.42 Å². The third-order valence-electron chi connectivity index (χ3n) is 4.77. The minimum atomic E-state index is 1.12. The Labute approximate surface area is 139 Å². The standard InChI is InChI=1S/C19H28N4/c1-16-14-17(2)19(23-9-5-7-20-23)18(15-16)6-4-8-22-12-10-21(3)11-13-22/h5,7,9,14-15H,4,6,8,10-13H2,1-3H3. The highest BCUT2D eigenvalue weighted by molar-refractivity contribution is 5.49. The quantitative estimate of drug-likeness (QED) is 0.848. The van der Waals surface area contributed by atoms with Gasteiger partial charge in [0.2, 0.25) is 0 Å². The van der Waals surface area contributed by atoms with E-state index in [0.717, 1.165) is 6.42 Å². The molecule has 0 atom stereocenters. The van der Waals surface area contributed by atoms with Gasteiger partial charge in [-0.05, 0) is 57.5 Å². The van der Waals surface area contributed by atoms with Gasteiger partial charge in [0.1, 0.15) is 0 Å². The molecule has 23 heavy (non-hydrogen) atoms. The second-order valence-electron chi connectivity index (χ2n) is 6.79. The van der Waals surface area contributed by atoms with Crippen LogP contribution in [0.15, 0.2) is 30.6 Å². The molecule has 4 heteroatoms. The molecule has 0 bridgehead atoms. The third kappa shape index (κ3) is 4.01. The van der Waals surface area contributed by atoms with E-state index in [4.69, 9.17) is 0 Å². The Morgan fingerprint density at radius 1 is 1.09 bits per heavy atom. The second kappa shape index (κ2) is 7.28. The SMILES string of the molecule is Cc1cc(C)c(-n2cccn2)c(CCCN2CCN(C)CC2)c1. The van der Waals surface area contributed by atoms with Crippen LogP contribution in [0.1, 0.15) is 23.1 Å². The number of aryl methyl sites for hydroxylation is 3. The van der Waals surface area contributed by atoms with E-state index in [1.807, 2.05) is 23.1 Å². The third-order valence-corrected chi connectivity index (χ3v) is 4.77. The van der Waals surface area contributed by atoms with E-state index in [1.165, 1.54) is 61.5 Å². The summed E-state index contributed by atoms with van der Waals surface area (Å²) >= 11 is 0. The smallest absolute Gasteiger partial charge is 0.0706 e. The van der Waals surface area contributed by atoms with Gasteiger partial charge in [0, 0.05) is 38.6 Å². The number of aromatic nitrogens is 2. The van der Waals surface area contributed by atoms with Gasteiger partial charge < -0.3 is 9.80 Å². The van der Waals surface area contributed by atoms with Gasteiger partial charge in [-0.3, -0.25) is 0 Å². The predicted molar refractivity (Wildman–Crippen MR) is 95.3 cm³/mol. The second-order valence-corrected chi connectivity index (χ2v) is 6.79. The van der Waals surface area contributed by atoms with Crippen LogP contribution in [0, 0.1) is 13.8 Å². The van der Waals surface area contributed by atoms with Crippen molar-refractivity contribution in [2.75, 3.05) is 39.8 Å². The molecule has 4 nitrogen and oxygen atoms in total. The number of piperazine rings is 1. The van der Waals surface area contributed by atoms with Crippen LogP contribution in [0.4, 0.5) is 0 Å². The lowest BCUT2D eigenvalue weighted by Gasteiger charge is -2.32. The molecule has 1 aromatic carbocycles. The fourth-order valence-corrected chi connectivity index (χ4v) is 3.53. The molecular formula is C19H28N4. The molecule has 1 fully saturated rings. The number of nitrogens with zero attached hydrogens (tertiary/aromatic N) is 4. The number of hydrogen-bond acceptors (Lipinski definition) is 3. The average molecular weight is 312 g/mol. The van der Waals surface area contributed by atoms with Crippen molar-refractivity contribution in [2.45, 2.75) is 26.7 Å². The average Bonchev–Trinajstić information content (AvgIpc) is 3.02. The summed E-state index contributed by atoms with van der Waals surface area (Å²) < 4.78 is 2.01. The van der Waals surface area contributed by atoms with Crippen LogP contribution in [0.5, 0.6) is 0 Å². The summed E-state index contributed by atoms with van der Waals surface area (Å²) in [5.74, 6) is 0. The van der Waals surface area contributed by atoms with Crippen LogP contribution in [-0.4, -0.2) is 59.4 Å². The van der Waals surface area contributed by atoms with Crippen molar-refractivity contribution in [3.05, 3.63) is 47.3 Å². The molecule has 0 aliphatic carbocycles. The minimum Gasteiger partial charge on any atom is -0.304 e. The molecular weight excluding hydrogens is 284 g/mol. The van der Waals surface area contributed by atoms with Crippen molar-refractivity contribution in [2.24, 2.45) is 0 Å². The van der Waals surface area contributed by atoms with Gasteiger partial charge in [-0.15, -0.1) is 0 Å². The normalized spacial score (nSPS) is 16.8. The van der Waals surface area contributed by atoms with Crippen molar-refractivity contribution < 1.29 is 0 Å². The zero-order chi connectivity index (χ0) is 16.2. The molecule has 2 aromatic rings. The van der Waals surface area contributed by atoms with Crippen LogP contribution in [0.2, 0.25) is 0 Å². The number of likely N-dealkylation sites (N-methyl/N-ethyl adjacent to an activating group) is 1. The maximum absolute atomic E-state index is 4.44. The van der Waals surface area contributed by atoms with Crippen LogP contribution < -0.4 is 0 Å². The van der Waals surface area contributed by atoms with Gasteiger partial charge in [0.15, 0.2) is 0 Å². The Morgan fingerprint density at radius 3 is 2.57 bits per heavy atom. The van der Waals surface area contributed by atoms with Gasteiger partial charge in [0.25, 0.3) is 0 Å². The molecule has 0 saturated carbocycles. The molecule has 3 rings (SSSR count). The van der Waals surface area contributed by atoms with Crippen LogP contribution in [0.25, 0.3) is 5.69 Å². The summed E-state index contributed by atoms with van der Waals surface area (Å²) in [4.78, 5) is 5.01. The summed E-state index contributed by atoms with van der Waals surface area (Å²) in [7, 11) is 2.21. The summed E-state index contributed by atoms with van der Waals surface area (Å²) in [6.45, 7) is 10.4. The highest BCUT2D eigenvalue weighted by Gasteiger charge is 2.14. The van der Waals surface area contributed by atoms with E-state index in [2.05, 4.69) is 47.9 Å². The Hall–Kier alpha value is -1.65. The zero-order valence-electron chi connectivity index (χ0n) is 14.6. The van der Waals surface area contributed by atoms with E-state index >= 15 is 0 Å². The topological polar surface area (TPSA) is 24.3 Å². The predicted octanol–water partition coefficient (Wildman–Crippen LogP) is 2.67. The molecule has 1 aliphatic heterocycles. The fraction of sp³-hybridized carbons (Fsp3) is 0.526. The van der Waals surface area contributed by atoms with Gasteiger partial charge >= 0.3 is 0 Å². The molecule has 2 heterocycles. The van der Waals surface area contributed by atoms with Crippen molar-refractivity contribution in [1.82, 2.24) is 19.6 Å². The molecule has 1 aliphatic rings. The minimum absolute atomic E-state index is 1.12. The molecule has 0 amide bonds. The summed E-state index contributed by atoms with van der Waals surface area (Å²) in [6, 6.07) is 6.57. The van der Waals surface area contributed by atoms with E-state index in [1.54, 1.807) is 0 Å². The molecule has 1 saturated heterocycles. The fourth-order valence-electron chi connectivity index (χ4n) is 3.53. The van der Waals surface area contributed by atoms with Crippen LogP contribution in [0.3, 0.4) is 0 Å². The molecule has 0 N–H and O–H groups in total. The number of benzene rings is 1. The monoisotopic (exact) mass is 312 g/mol. The first kappa shape index (κ1) is 16.2. The van der Waals surface area contributed by atoms with Gasteiger partial charge in [-0.2, -0.15) is 5.10 Å². The highest BCUT2D eigenvalue weighted by Crippen LogP contribution is 2.22. The van der Waals surface area contributed by atoms with Gasteiger partial charge in [-0.25, -0.2) is 4.68 Å². The lowest BCUT2D eigenvalue weighted by Crippen LogP contribution is -2.44. The summed E-state index contributed by atoms with van der Waals surface area (Å²) in [5.41, 5.74) is 5.33. The van der Waals surface area contributed by atoms with Crippen molar-refractivity contribution in [1.29, 1.82) is 0 Å². The highest BCUT2D eigenvalue weighted by atomic mass is 15.3. The first-order valence-corrected chi connectivity index (χ1v) is 8.64. The molecule has 124 valence electrons.